The van der Waals surface area contributed by atoms with E-state index in [4.69, 9.17) is 37.8 Å². The molecular weight excluding hydrogens is 553 g/mol. The molecule has 4 aromatic rings. The lowest BCUT2D eigenvalue weighted by Crippen LogP contribution is -2.07. The third-order valence-electron chi connectivity index (χ3n) is 6.20. The Morgan fingerprint density at radius 1 is 0.875 bits per heavy atom. The molecule has 0 aliphatic heterocycles. The highest BCUT2D eigenvalue weighted by Crippen LogP contribution is 2.29. The van der Waals surface area contributed by atoms with Crippen LogP contribution in [-0.4, -0.2) is 39.9 Å². The highest BCUT2D eigenvalue weighted by Gasteiger charge is 2.13. The molecule has 4 rings (SSSR count). The summed E-state index contributed by atoms with van der Waals surface area (Å²) >= 11 is 12.0. The third kappa shape index (κ3) is 8.04. The van der Waals surface area contributed by atoms with Crippen LogP contribution in [0.4, 0.5) is 0 Å². The minimum absolute atomic E-state index is 0.0664. The van der Waals surface area contributed by atoms with Gasteiger partial charge in [0, 0.05) is 29.4 Å². The number of hydrogen-bond donors (Lipinski definition) is 2. The van der Waals surface area contributed by atoms with Gasteiger partial charge in [0.15, 0.2) is 0 Å². The van der Waals surface area contributed by atoms with Gasteiger partial charge in [-0.15, -0.1) is 0 Å². The number of ether oxygens (including phenoxy) is 2. The second kappa shape index (κ2) is 13.9. The Balaban J connectivity index is 1.37. The first-order valence-corrected chi connectivity index (χ1v) is 13.6. The molecule has 3 aromatic carbocycles. The van der Waals surface area contributed by atoms with E-state index in [1.54, 1.807) is 22.8 Å². The number of halogens is 2. The number of aryl methyl sites for hydroxylation is 1. The fraction of sp³-hybridized carbons (Fsp3) is 0.226. The van der Waals surface area contributed by atoms with Gasteiger partial charge in [0.1, 0.15) is 18.0 Å². The molecule has 0 radical (unpaired) electrons. The van der Waals surface area contributed by atoms with Crippen LogP contribution in [0.2, 0.25) is 10.0 Å². The Bertz CT molecular complexity index is 1510. The molecule has 0 aliphatic rings. The van der Waals surface area contributed by atoms with Crippen molar-refractivity contribution in [3.63, 3.8) is 0 Å². The highest BCUT2D eigenvalue weighted by molar-refractivity contribution is 6.35. The lowest BCUT2D eigenvalue weighted by Gasteiger charge is -2.09. The van der Waals surface area contributed by atoms with Crippen molar-refractivity contribution in [1.82, 2.24) is 4.57 Å². The van der Waals surface area contributed by atoms with E-state index in [1.165, 1.54) is 0 Å². The molecule has 2 N–H and O–H groups in total. The van der Waals surface area contributed by atoms with Crippen LogP contribution in [0.15, 0.2) is 66.9 Å². The van der Waals surface area contributed by atoms with Gasteiger partial charge in [-0.3, -0.25) is 9.59 Å². The quantitative estimate of drug-likeness (QED) is 0.118. The maximum atomic E-state index is 11.5. The number of fused-ring (bicyclic) bond motifs is 1. The molecule has 0 spiro atoms. The average molecular weight is 582 g/mol. The number of carboxylic acid groups (broad SMARTS) is 2. The van der Waals surface area contributed by atoms with E-state index < -0.39 is 11.9 Å². The van der Waals surface area contributed by atoms with Gasteiger partial charge in [-0.05, 0) is 59.9 Å². The summed E-state index contributed by atoms with van der Waals surface area (Å²) in [6.45, 7) is 0.764. The van der Waals surface area contributed by atoms with Crippen LogP contribution >= 0.6 is 23.2 Å². The molecule has 1 heterocycles. The van der Waals surface area contributed by atoms with E-state index in [0.29, 0.717) is 48.3 Å². The lowest BCUT2D eigenvalue weighted by molar-refractivity contribution is -0.138. The molecule has 0 bridgehead atoms. The maximum Gasteiger partial charge on any atom is 0.323 e. The first kappa shape index (κ1) is 29.1. The molecule has 40 heavy (non-hydrogen) atoms. The van der Waals surface area contributed by atoms with E-state index in [9.17, 15) is 14.7 Å². The normalized spacial score (nSPS) is 11.2. The summed E-state index contributed by atoms with van der Waals surface area (Å²) in [5.74, 6) is -0.459. The summed E-state index contributed by atoms with van der Waals surface area (Å²) in [5, 5.41) is 20.4. The molecule has 1 aromatic heterocycles. The summed E-state index contributed by atoms with van der Waals surface area (Å²) in [4.78, 5) is 22.4. The van der Waals surface area contributed by atoms with E-state index in [-0.39, 0.29) is 13.0 Å². The topological polar surface area (TPSA) is 98.0 Å². The molecule has 0 aliphatic carbocycles. The molecular formula is C31H29Cl2NO6. The van der Waals surface area contributed by atoms with Crippen LogP contribution in [0, 0.1) is 0 Å². The first-order valence-electron chi connectivity index (χ1n) is 12.8. The number of carbonyl (C=O) groups is 2. The van der Waals surface area contributed by atoms with E-state index >= 15 is 0 Å². The molecule has 7 nitrogen and oxygen atoms in total. The zero-order valence-corrected chi connectivity index (χ0v) is 23.2. The number of benzene rings is 3. The zero-order chi connectivity index (χ0) is 28.5. The maximum absolute atomic E-state index is 11.5. The largest absolute Gasteiger partial charge is 0.493 e. The average Bonchev–Trinajstić information content (AvgIpc) is 3.26. The zero-order valence-electron chi connectivity index (χ0n) is 21.7. The highest BCUT2D eigenvalue weighted by atomic mass is 35.5. The predicted molar refractivity (Wildman–Crippen MR) is 158 cm³/mol. The Kier molecular flexibility index (Phi) is 10.1. The van der Waals surface area contributed by atoms with Gasteiger partial charge in [0.2, 0.25) is 0 Å². The van der Waals surface area contributed by atoms with E-state index in [0.717, 1.165) is 33.3 Å². The van der Waals surface area contributed by atoms with Crippen molar-refractivity contribution < 1.29 is 29.3 Å². The number of para-hydroxylation sites is 1. The SMILES string of the molecule is O=C(O)CCCc1cn(CC(=O)O)c2c(/C=C/c3ccc(OCCCOc4ccc(Cl)cc4Cl)cc3)cccc12. The first-order chi connectivity index (χ1) is 19.3. The van der Waals surface area contributed by atoms with Crippen LogP contribution in [-0.2, 0) is 22.6 Å². The number of rotatable bonds is 14. The smallest absolute Gasteiger partial charge is 0.323 e. The van der Waals surface area contributed by atoms with E-state index in [2.05, 4.69) is 0 Å². The standard InChI is InChI=1S/C31H29Cl2NO6/c32-24-12-15-28(27(33)18-24)40-17-3-16-39-25-13-9-21(10-14-25)8-11-22-4-1-6-26-23(5-2-7-29(35)36)19-34(31(22)26)20-30(37)38/h1,4,6,8-15,18-19H,2-3,5,7,16-17,20H2,(H,35,36)(H,37,38)/b11-8+. The minimum Gasteiger partial charge on any atom is -0.493 e. The van der Waals surface area contributed by atoms with Gasteiger partial charge in [0.25, 0.3) is 0 Å². The molecule has 0 atom stereocenters. The van der Waals surface area contributed by atoms with Crippen LogP contribution in [0.5, 0.6) is 11.5 Å². The number of aromatic nitrogens is 1. The number of aliphatic carboxylic acids is 2. The summed E-state index contributed by atoms with van der Waals surface area (Å²) in [6.07, 6.45) is 7.53. The van der Waals surface area contributed by atoms with Gasteiger partial charge in [-0.1, -0.05) is 65.7 Å². The van der Waals surface area contributed by atoms with Crippen molar-refractivity contribution in [2.24, 2.45) is 0 Å². The number of nitrogens with zero attached hydrogens (tertiary/aromatic N) is 1. The van der Waals surface area contributed by atoms with Crippen molar-refractivity contribution in [3.05, 3.63) is 93.6 Å². The third-order valence-corrected chi connectivity index (χ3v) is 6.73. The summed E-state index contributed by atoms with van der Waals surface area (Å²) in [5.41, 5.74) is 3.59. The Morgan fingerprint density at radius 3 is 2.38 bits per heavy atom. The lowest BCUT2D eigenvalue weighted by atomic mass is 10.0. The van der Waals surface area contributed by atoms with Gasteiger partial charge < -0.3 is 24.3 Å². The van der Waals surface area contributed by atoms with Gasteiger partial charge >= 0.3 is 11.9 Å². The molecule has 0 saturated heterocycles. The van der Waals surface area contributed by atoms with Crippen molar-refractivity contribution in [3.8, 4) is 11.5 Å². The number of hydrogen-bond acceptors (Lipinski definition) is 4. The van der Waals surface area contributed by atoms with Crippen LogP contribution in [0.3, 0.4) is 0 Å². The molecule has 0 saturated carbocycles. The van der Waals surface area contributed by atoms with Crippen LogP contribution in [0.1, 0.15) is 36.0 Å². The molecule has 208 valence electrons. The predicted octanol–water partition coefficient (Wildman–Crippen LogP) is 7.46. The summed E-state index contributed by atoms with van der Waals surface area (Å²) < 4.78 is 13.2. The second-order valence-electron chi connectivity index (χ2n) is 9.19. The summed E-state index contributed by atoms with van der Waals surface area (Å²) in [7, 11) is 0. The van der Waals surface area contributed by atoms with Gasteiger partial charge in [-0.2, -0.15) is 0 Å². The molecule has 0 unspecified atom stereocenters. The fourth-order valence-corrected chi connectivity index (χ4v) is 4.84. The van der Waals surface area contributed by atoms with Crippen molar-refractivity contribution in [2.45, 2.75) is 32.2 Å². The monoisotopic (exact) mass is 581 g/mol. The molecule has 0 amide bonds. The number of carboxylic acids is 2. The second-order valence-corrected chi connectivity index (χ2v) is 10.0. The summed E-state index contributed by atoms with van der Waals surface area (Å²) in [6, 6.07) is 18.6. The van der Waals surface area contributed by atoms with Crippen molar-refractivity contribution >= 4 is 58.2 Å². The fourth-order valence-electron chi connectivity index (χ4n) is 4.38. The van der Waals surface area contributed by atoms with Crippen molar-refractivity contribution in [2.75, 3.05) is 13.2 Å². The Labute approximate surface area is 242 Å². The van der Waals surface area contributed by atoms with Crippen molar-refractivity contribution in [1.29, 1.82) is 0 Å². The van der Waals surface area contributed by atoms with Gasteiger partial charge in [-0.25, -0.2) is 0 Å². The van der Waals surface area contributed by atoms with E-state index in [1.807, 2.05) is 60.8 Å². The minimum atomic E-state index is -0.941. The van der Waals surface area contributed by atoms with Crippen LogP contribution in [0.25, 0.3) is 23.1 Å². The van der Waals surface area contributed by atoms with Gasteiger partial charge in [0.05, 0.1) is 23.8 Å². The van der Waals surface area contributed by atoms with Crippen LogP contribution < -0.4 is 9.47 Å². The Morgan fingerprint density at radius 2 is 1.65 bits per heavy atom. The molecule has 0 fully saturated rings. The Hall–Kier alpha value is -3.94. The molecule has 9 heteroatoms.